The van der Waals surface area contributed by atoms with Crippen molar-refractivity contribution >= 4 is 11.6 Å². The average Bonchev–Trinajstić information content (AvgIpc) is 3.15. The maximum absolute atomic E-state index is 5.95. The molecule has 1 aromatic rings. The molecule has 1 aliphatic rings. The molecule has 1 N–H and O–H groups in total. The molecule has 0 spiro atoms. The minimum atomic E-state index is 0.537. The van der Waals surface area contributed by atoms with Crippen LogP contribution in [-0.2, 0) is 0 Å². The summed E-state index contributed by atoms with van der Waals surface area (Å²) in [5, 5.41) is 4.56. The molecular formula is C16H24ClN. The number of hydrogen-bond acceptors (Lipinski definition) is 1. The third-order valence-corrected chi connectivity index (χ3v) is 3.90. The third kappa shape index (κ3) is 4.29. The first kappa shape index (κ1) is 13.9. The second-order valence-electron chi connectivity index (χ2n) is 5.86. The molecule has 1 atom stereocenters. The Balaban J connectivity index is 1.86. The molecule has 0 heterocycles. The summed E-state index contributed by atoms with van der Waals surface area (Å²) < 4.78 is 0. The molecule has 1 nitrogen and oxygen atoms in total. The lowest BCUT2D eigenvalue weighted by atomic mass is 10.0. The van der Waals surface area contributed by atoms with Gasteiger partial charge in [-0.3, -0.25) is 0 Å². The lowest BCUT2D eigenvalue weighted by Crippen LogP contribution is -2.24. The van der Waals surface area contributed by atoms with Crippen molar-refractivity contribution in [1.29, 1.82) is 0 Å². The fraction of sp³-hybridized carbons (Fsp3) is 0.625. The van der Waals surface area contributed by atoms with Crippen LogP contribution in [0.4, 0.5) is 0 Å². The Kier molecular flexibility index (Phi) is 5.08. The summed E-state index contributed by atoms with van der Waals surface area (Å²) in [5.74, 6) is 1.65. The topological polar surface area (TPSA) is 12.0 Å². The van der Waals surface area contributed by atoms with E-state index < -0.39 is 0 Å². The van der Waals surface area contributed by atoms with E-state index in [9.17, 15) is 0 Å². The molecule has 18 heavy (non-hydrogen) atoms. The van der Waals surface area contributed by atoms with E-state index in [-0.39, 0.29) is 0 Å². The van der Waals surface area contributed by atoms with Crippen molar-refractivity contribution in [3.63, 3.8) is 0 Å². The van der Waals surface area contributed by atoms with Crippen molar-refractivity contribution in [1.82, 2.24) is 5.32 Å². The van der Waals surface area contributed by atoms with Crippen LogP contribution in [0, 0.1) is 11.8 Å². The molecule has 1 aliphatic carbocycles. The Morgan fingerprint density at radius 3 is 2.44 bits per heavy atom. The highest BCUT2D eigenvalue weighted by atomic mass is 35.5. The summed E-state index contributed by atoms with van der Waals surface area (Å²) in [6, 6.07) is 8.88. The van der Waals surface area contributed by atoms with Gasteiger partial charge in [-0.25, -0.2) is 0 Å². The Morgan fingerprint density at radius 1 is 1.22 bits per heavy atom. The molecule has 100 valence electrons. The highest BCUT2D eigenvalue weighted by molar-refractivity contribution is 6.30. The van der Waals surface area contributed by atoms with E-state index in [0.29, 0.717) is 6.04 Å². The van der Waals surface area contributed by atoms with Gasteiger partial charge in [-0.15, -0.1) is 0 Å². The molecular weight excluding hydrogens is 242 g/mol. The highest BCUT2D eigenvalue weighted by Crippen LogP contribution is 2.41. The first-order valence-corrected chi connectivity index (χ1v) is 7.53. The van der Waals surface area contributed by atoms with Gasteiger partial charge in [-0.2, -0.15) is 0 Å². The van der Waals surface area contributed by atoms with Gasteiger partial charge in [0.1, 0.15) is 0 Å². The Labute approximate surface area is 116 Å². The van der Waals surface area contributed by atoms with E-state index in [2.05, 4.69) is 31.3 Å². The normalized spacial score (nSPS) is 17.1. The van der Waals surface area contributed by atoms with E-state index in [1.807, 2.05) is 12.1 Å². The van der Waals surface area contributed by atoms with Crippen molar-refractivity contribution in [2.45, 2.75) is 45.6 Å². The van der Waals surface area contributed by atoms with Gasteiger partial charge in [0.2, 0.25) is 0 Å². The molecule has 0 aromatic heterocycles. The largest absolute Gasteiger partial charge is 0.310 e. The van der Waals surface area contributed by atoms with Crippen molar-refractivity contribution in [2.75, 3.05) is 6.54 Å². The predicted octanol–water partition coefficient (Wildman–Crippen LogP) is 4.82. The minimum absolute atomic E-state index is 0.537. The molecule has 1 aromatic carbocycles. The zero-order valence-electron chi connectivity index (χ0n) is 11.5. The van der Waals surface area contributed by atoms with Gasteiger partial charge in [0, 0.05) is 11.1 Å². The monoisotopic (exact) mass is 265 g/mol. The lowest BCUT2D eigenvalue weighted by Gasteiger charge is -2.19. The molecule has 0 aliphatic heterocycles. The van der Waals surface area contributed by atoms with E-state index in [1.54, 1.807) is 0 Å². The SMILES string of the molecule is CC(C)CCCNC(c1ccc(Cl)cc1)C1CC1. The van der Waals surface area contributed by atoms with Crippen molar-refractivity contribution in [2.24, 2.45) is 11.8 Å². The fourth-order valence-electron chi connectivity index (χ4n) is 2.42. The van der Waals surface area contributed by atoms with Gasteiger partial charge in [-0.05, 0) is 61.8 Å². The molecule has 1 saturated carbocycles. The number of benzene rings is 1. The summed E-state index contributed by atoms with van der Waals surface area (Å²) in [6.07, 6.45) is 5.31. The maximum Gasteiger partial charge on any atom is 0.0406 e. The van der Waals surface area contributed by atoms with Gasteiger partial charge < -0.3 is 5.32 Å². The van der Waals surface area contributed by atoms with Crippen LogP contribution < -0.4 is 5.32 Å². The first-order chi connectivity index (χ1) is 8.66. The van der Waals surface area contributed by atoms with Gasteiger partial charge in [0.25, 0.3) is 0 Å². The average molecular weight is 266 g/mol. The number of halogens is 1. The standard InChI is InChI=1S/C16H24ClN/c1-12(2)4-3-11-18-16(13-5-6-13)14-7-9-15(17)10-8-14/h7-10,12-13,16,18H,3-6,11H2,1-2H3. The number of hydrogen-bond donors (Lipinski definition) is 1. The van der Waals surface area contributed by atoms with Gasteiger partial charge in [0.15, 0.2) is 0 Å². The molecule has 1 unspecified atom stereocenters. The van der Waals surface area contributed by atoms with Crippen LogP contribution in [0.15, 0.2) is 24.3 Å². The Morgan fingerprint density at radius 2 is 1.89 bits per heavy atom. The van der Waals surface area contributed by atoms with Gasteiger partial charge in [0.05, 0.1) is 0 Å². The van der Waals surface area contributed by atoms with Crippen LogP contribution in [0.25, 0.3) is 0 Å². The van der Waals surface area contributed by atoms with Crippen LogP contribution in [0.2, 0.25) is 5.02 Å². The van der Waals surface area contributed by atoms with Crippen molar-refractivity contribution in [3.05, 3.63) is 34.9 Å². The fourth-order valence-corrected chi connectivity index (χ4v) is 2.55. The zero-order chi connectivity index (χ0) is 13.0. The predicted molar refractivity (Wildman–Crippen MR) is 79.0 cm³/mol. The number of nitrogens with one attached hydrogen (secondary N) is 1. The first-order valence-electron chi connectivity index (χ1n) is 7.15. The van der Waals surface area contributed by atoms with Crippen LogP contribution in [0.1, 0.15) is 51.1 Å². The Bertz CT molecular complexity index is 354. The van der Waals surface area contributed by atoms with Crippen molar-refractivity contribution < 1.29 is 0 Å². The summed E-state index contributed by atoms with van der Waals surface area (Å²) >= 11 is 5.95. The van der Waals surface area contributed by atoms with Gasteiger partial charge in [-0.1, -0.05) is 37.6 Å². The highest BCUT2D eigenvalue weighted by Gasteiger charge is 2.31. The molecule has 2 heteroatoms. The van der Waals surface area contributed by atoms with E-state index in [4.69, 9.17) is 11.6 Å². The molecule has 0 radical (unpaired) electrons. The summed E-state index contributed by atoms with van der Waals surface area (Å²) in [6.45, 7) is 5.71. The second kappa shape index (κ2) is 6.58. The van der Waals surface area contributed by atoms with Crippen molar-refractivity contribution in [3.8, 4) is 0 Å². The zero-order valence-corrected chi connectivity index (χ0v) is 12.2. The smallest absolute Gasteiger partial charge is 0.0406 e. The molecule has 0 saturated heterocycles. The van der Waals surface area contributed by atoms with Crippen LogP contribution in [0.3, 0.4) is 0 Å². The summed E-state index contributed by atoms with van der Waals surface area (Å²) in [5.41, 5.74) is 1.39. The molecule has 0 bridgehead atoms. The van der Waals surface area contributed by atoms with Crippen LogP contribution >= 0.6 is 11.6 Å². The van der Waals surface area contributed by atoms with Crippen LogP contribution in [0.5, 0.6) is 0 Å². The second-order valence-corrected chi connectivity index (χ2v) is 6.29. The van der Waals surface area contributed by atoms with E-state index in [1.165, 1.54) is 31.2 Å². The van der Waals surface area contributed by atoms with Crippen LogP contribution in [-0.4, -0.2) is 6.54 Å². The molecule has 0 amide bonds. The van der Waals surface area contributed by atoms with E-state index >= 15 is 0 Å². The lowest BCUT2D eigenvalue weighted by molar-refractivity contribution is 0.450. The minimum Gasteiger partial charge on any atom is -0.310 e. The van der Waals surface area contributed by atoms with E-state index in [0.717, 1.165) is 23.4 Å². The quantitative estimate of drug-likeness (QED) is 0.697. The summed E-state index contributed by atoms with van der Waals surface area (Å²) in [7, 11) is 0. The summed E-state index contributed by atoms with van der Waals surface area (Å²) in [4.78, 5) is 0. The molecule has 2 rings (SSSR count). The van der Waals surface area contributed by atoms with Gasteiger partial charge >= 0.3 is 0 Å². The molecule has 1 fully saturated rings. The maximum atomic E-state index is 5.95. The number of rotatable bonds is 7. The third-order valence-electron chi connectivity index (χ3n) is 3.65. The Hall–Kier alpha value is -0.530.